The molecule has 0 atom stereocenters. The summed E-state index contributed by atoms with van der Waals surface area (Å²) in [5.74, 6) is -0.529. The molecule has 0 fully saturated rings. The number of nitrogens with two attached hydrogens (primary N) is 2. The summed E-state index contributed by atoms with van der Waals surface area (Å²) in [5, 5.41) is 0.937. The van der Waals surface area contributed by atoms with Gasteiger partial charge in [0.2, 0.25) is 0 Å². The first-order valence-electron chi connectivity index (χ1n) is 4.63. The van der Waals surface area contributed by atoms with Crippen LogP contribution >= 0.6 is 34.5 Å². The highest BCUT2D eigenvalue weighted by Crippen LogP contribution is 2.35. The molecule has 1 heterocycles. The van der Waals surface area contributed by atoms with Crippen LogP contribution in [0.3, 0.4) is 0 Å². The number of nitrogen functional groups attached to an aromatic ring is 1. The number of amides is 1. The largest absolute Gasteiger partial charge is 0.397 e. The van der Waals surface area contributed by atoms with Crippen molar-refractivity contribution in [3.63, 3.8) is 0 Å². The monoisotopic (exact) mass is 286 g/mol. The molecule has 0 saturated carbocycles. The fraction of sp³-hybridized carbons (Fsp3) is 0. The van der Waals surface area contributed by atoms with E-state index in [-0.39, 0.29) is 0 Å². The summed E-state index contributed by atoms with van der Waals surface area (Å²) in [4.78, 5) is 12.3. The molecule has 17 heavy (non-hydrogen) atoms. The first-order valence-corrected chi connectivity index (χ1v) is 6.21. The Morgan fingerprint density at radius 3 is 2.41 bits per heavy atom. The topological polar surface area (TPSA) is 69.1 Å². The number of halogens is 2. The molecule has 2 rings (SSSR count). The highest BCUT2D eigenvalue weighted by atomic mass is 35.5. The highest BCUT2D eigenvalue weighted by molar-refractivity contribution is 7.18. The van der Waals surface area contributed by atoms with Crippen LogP contribution in [0.2, 0.25) is 10.0 Å². The van der Waals surface area contributed by atoms with Crippen molar-refractivity contribution < 1.29 is 4.79 Å². The Labute approximate surface area is 112 Å². The van der Waals surface area contributed by atoms with Crippen LogP contribution in [0.15, 0.2) is 24.3 Å². The van der Waals surface area contributed by atoms with Crippen LogP contribution in [0, 0.1) is 0 Å². The third kappa shape index (κ3) is 2.39. The molecular formula is C11H8Cl2N2OS. The highest BCUT2D eigenvalue weighted by Gasteiger charge is 2.13. The molecular weight excluding hydrogens is 279 g/mol. The average molecular weight is 287 g/mol. The van der Waals surface area contributed by atoms with Gasteiger partial charge < -0.3 is 11.5 Å². The second-order valence-electron chi connectivity index (χ2n) is 3.39. The molecule has 0 aliphatic rings. The molecule has 0 radical (unpaired) electrons. The Morgan fingerprint density at radius 2 is 1.88 bits per heavy atom. The lowest BCUT2D eigenvalue weighted by Crippen LogP contribution is -2.10. The van der Waals surface area contributed by atoms with E-state index in [0.717, 1.165) is 10.4 Å². The molecule has 3 nitrogen and oxygen atoms in total. The standard InChI is InChI=1S/C11H8Cl2N2OS/c12-6-2-1-5(3-7(6)13)9-4-8(14)10(17-9)11(15)16/h1-4H,14H2,(H2,15,16). The second-order valence-corrected chi connectivity index (χ2v) is 5.25. The minimum Gasteiger partial charge on any atom is -0.397 e. The van der Waals surface area contributed by atoms with Gasteiger partial charge in [-0.1, -0.05) is 29.3 Å². The first kappa shape index (κ1) is 12.2. The maximum atomic E-state index is 11.1. The fourth-order valence-electron chi connectivity index (χ4n) is 1.39. The van der Waals surface area contributed by atoms with Crippen molar-refractivity contribution in [1.29, 1.82) is 0 Å². The van der Waals surface area contributed by atoms with Gasteiger partial charge in [-0.2, -0.15) is 0 Å². The Hall–Kier alpha value is -1.23. The van der Waals surface area contributed by atoms with Crippen LogP contribution in [0.4, 0.5) is 5.69 Å². The molecule has 0 aliphatic heterocycles. The van der Waals surface area contributed by atoms with Crippen molar-refractivity contribution >= 4 is 46.1 Å². The number of hydrogen-bond donors (Lipinski definition) is 2. The molecule has 4 N–H and O–H groups in total. The molecule has 0 aliphatic carbocycles. The van der Waals surface area contributed by atoms with Gasteiger partial charge in [0, 0.05) is 4.88 Å². The number of thiophene rings is 1. The van der Waals surface area contributed by atoms with E-state index in [0.29, 0.717) is 20.6 Å². The summed E-state index contributed by atoms with van der Waals surface area (Å²) in [6.45, 7) is 0. The Balaban J connectivity index is 2.50. The summed E-state index contributed by atoms with van der Waals surface area (Å²) >= 11 is 13.0. The SMILES string of the molecule is NC(=O)c1sc(-c2ccc(Cl)c(Cl)c2)cc1N. The van der Waals surface area contributed by atoms with Gasteiger partial charge in [0.1, 0.15) is 4.88 Å². The van der Waals surface area contributed by atoms with E-state index >= 15 is 0 Å². The van der Waals surface area contributed by atoms with E-state index in [9.17, 15) is 4.79 Å². The number of primary amides is 1. The summed E-state index contributed by atoms with van der Waals surface area (Å²) in [5.41, 5.74) is 12.1. The predicted octanol–water partition coefficient (Wildman–Crippen LogP) is 3.40. The number of rotatable bonds is 2. The number of anilines is 1. The van der Waals surface area contributed by atoms with E-state index in [1.54, 1.807) is 18.2 Å². The number of carbonyl (C=O) groups excluding carboxylic acids is 1. The third-order valence-electron chi connectivity index (χ3n) is 2.19. The van der Waals surface area contributed by atoms with Gasteiger partial charge in [0.05, 0.1) is 15.7 Å². The summed E-state index contributed by atoms with van der Waals surface area (Å²) in [6, 6.07) is 6.92. The Morgan fingerprint density at radius 1 is 1.18 bits per heavy atom. The van der Waals surface area contributed by atoms with Gasteiger partial charge in [0.15, 0.2) is 0 Å². The van der Waals surface area contributed by atoms with Crippen molar-refractivity contribution in [2.45, 2.75) is 0 Å². The second kappa shape index (κ2) is 4.56. The van der Waals surface area contributed by atoms with Gasteiger partial charge in [0.25, 0.3) is 5.91 Å². The van der Waals surface area contributed by atoms with Gasteiger partial charge in [-0.15, -0.1) is 11.3 Å². The quantitative estimate of drug-likeness (QED) is 0.888. The lowest BCUT2D eigenvalue weighted by atomic mass is 10.2. The Bertz CT molecular complexity index is 595. The smallest absolute Gasteiger partial charge is 0.260 e. The van der Waals surface area contributed by atoms with E-state index in [1.807, 2.05) is 6.07 Å². The van der Waals surface area contributed by atoms with Crippen molar-refractivity contribution in [2.75, 3.05) is 5.73 Å². The van der Waals surface area contributed by atoms with Crippen LogP contribution in [-0.4, -0.2) is 5.91 Å². The molecule has 0 spiro atoms. The number of benzene rings is 1. The van der Waals surface area contributed by atoms with Crippen molar-refractivity contribution in [3.05, 3.63) is 39.2 Å². The van der Waals surface area contributed by atoms with Gasteiger partial charge in [-0.25, -0.2) is 0 Å². The minimum atomic E-state index is -0.529. The van der Waals surface area contributed by atoms with Crippen molar-refractivity contribution in [3.8, 4) is 10.4 Å². The average Bonchev–Trinajstić information content (AvgIpc) is 2.64. The van der Waals surface area contributed by atoms with E-state index in [2.05, 4.69) is 0 Å². The van der Waals surface area contributed by atoms with Crippen LogP contribution in [0.25, 0.3) is 10.4 Å². The maximum absolute atomic E-state index is 11.1. The van der Waals surface area contributed by atoms with E-state index in [1.165, 1.54) is 11.3 Å². The van der Waals surface area contributed by atoms with E-state index in [4.69, 9.17) is 34.7 Å². The first-order chi connectivity index (χ1) is 7.99. The van der Waals surface area contributed by atoms with Crippen molar-refractivity contribution in [2.24, 2.45) is 5.73 Å². The van der Waals surface area contributed by atoms with Crippen LogP contribution in [0.1, 0.15) is 9.67 Å². The molecule has 1 amide bonds. The van der Waals surface area contributed by atoms with E-state index < -0.39 is 5.91 Å². The van der Waals surface area contributed by atoms with Crippen LogP contribution < -0.4 is 11.5 Å². The van der Waals surface area contributed by atoms with Gasteiger partial charge >= 0.3 is 0 Å². The molecule has 0 bridgehead atoms. The fourth-order valence-corrected chi connectivity index (χ4v) is 2.62. The zero-order chi connectivity index (χ0) is 12.6. The lowest BCUT2D eigenvalue weighted by molar-refractivity contribution is 0.100. The maximum Gasteiger partial charge on any atom is 0.260 e. The van der Waals surface area contributed by atoms with Gasteiger partial charge in [-0.05, 0) is 23.8 Å². The molecule has 0 saturated heterocycles. The molecule has 2 aromatic rings. The normalized spacial score (nSPS) is 10.5. The molecule has 88 valence electrons. The van der Waals surface area contributed by atoms with Crippen molar-refractivity contribution in [1.82, 2.24) is 0 Å². The lowest BCUT2D eigenvalue weighted by Gasteiger charge is -1.99. The number of hydrogen-bond acceptors (Lipinski definition) is 3. The summed E-state index contributed by atoms with van der Waals surface area (Å²) in [7, 11) is 0. The predicted molar refractivity (Wildman–Crippen MR) is 72.7 cm³/mol. The molecule has 6 heteroatoms. The molecule has 0 unspecified atom stereocenters. The van der Waals surface area contributed by atoms with Crippen LogP contribution in [0.5, 0.6) is 0 Å². The van der Waals surface area contributed by atoms with Crippen LogP contribution in [-0.2, 0) is 0 Å². The minimum absolute atomic E-state index is 0.353. The van der Waals surface area contributed by atoms with Gasteiger partial charge in [-0.3, -0.25) is 4.79 Å². The zero-order valence-corrected chi connectivity index (χ0v) is 10.9. The Kier molecular flexibility index (Phi) is 3.28. The zero-order valence-electron chi connectivity index (χ0n) is 8.54. The molecule has 1 aromatic carbocycles. The molecule has 1 aromatic heterocycles. The third-order valence-corrected chi connectivity index (χ3v) is 4.14. The summed E-state index contributed by atoms with van der Waals surface area (Å²) in [6.07, 6.45) is 0. The summed E-state index contributed by atoms with van der Waals surface area (Å²) < 4.78 is 0. The number of carbonyl (C=O) groups is 1.